The highest BCUT2D eigenvalue weighted by Crippen LogP contribution is 2.38. The van der Waals surface area contributed by atoms with Crippen LogP contribution >= 0.6 is 11.6 Å². The van der Waals surface area contributed by atoms with Crippen LogP contribution in [-0.2, 0) is 20.8 Å². The monoisotopic (exact) mass is 504 g/mol. The number of phenols is 2. The zero-order valence-corrected chi connectivity index (χ0v) is 21.0. The maximum Gasteiger partial charge on any atom is 0.342 e. The van der Waals surface area contributed by atoms with Crippen molar-refractivity contribution in [3.63, 3.8) is 0 Å². The number of oxime groups is 1. The fraction of sp³-hybridized carbons (Fsp3) is 0.500. The van der Waals surface area contributed by atoms with E-state index in [1.807, 2.05) is 19.9 Å². The molecule has 1 aliphatic carbocycles. The zero-order valence-electron chi connectivity index (χ0n) is 20.2. The van der Waals surface area contributed by atoms with Gasteiger partial charge in [-0.1, -0.05) is 47.8 Å². The van der Waals surface area contributed by atoms with Crippen molar-refractivity contribution in [2.24, 2.45) is 11.1 Å². The fourth-order valence-corrected chi connectivity index (χ4v) is 4.21. The number of carbonyl (C=O) groups excluding carboxylic acids is 2. The predicted molar refractivity (Wildman–Crippen MR) is 134 cm³/mol. The van der Waals surface area contributed by atoms with Crippen molar-refractivity contribution >= 4 is 29.2 Å². The minimum Gasteiger partial charge on any atom is -0.507 e. The molecule has 9 heteroatoms. The standard InChI is InChI=1S/C26H33ClN2O6/c1-3-4-5-7-19(28-34-13-12-29-11-6-8-23(29)32)15-20-24(21(30)16-22(31)25(20)27)26(33)35-17(2)14-18-9-10-18/h3-5,7,16-18,30-31H,6,8-15H2,1-2H3/b4-3-,7-5+,28-19+/t17-/m1/s1. The number of amides is 1. The molecule has 1 amide bonds. The average Bonchev–Trinajstić information content (AvgIpc) is 3.52. The molecule has 190 valence electrons. The van der Waals surface area contributed by atoms with Crippen LogP contribution in [0.3, 0.4) is 0 Å². The summed E-state index contributed by atoms with van der Waals surface area (Å²) in [6, 6.07) is 1.03. The van der Waals surface area contributed by atoms with Crippen molar-refractivity contribution in [1.82, 2.24) is 4.90 Å². The Morgan fingerprint density at radius 3 is 2.74 bits per heavy atom. The third-order valence-electron chi connectivity index (χ3n) is 5.95. The second kappa shape index (κ2) is 12.6. The van der Waals surface area contributed by atoms with E-state index in [1.54, 1.807) is 23.1 Å². The molecule has 1 saturated heterocycles. The minimum absolute atomic E-state index is 0.00106. The Bertz CT molecular complexity index is 1020. The van der Waals surface area contributed by atoms with Crippen LogP contribution in [0.15, 0.2) is 35.5 Å². The number of rotatable bonds is 12. The van der Waals surface area contributed by atoms with Gasteiger partial charge in [-0.05, 0) is 44.2 Å². The molecule has 0 unspecified atom stereocenters. The van der Waals surface area contributed by atoms with Crippen LogP contribution in [0.25, 0.3) is 0 Å². The molecule has 0 spiro atoms. The molecule has 3 rings (SSSR count). The minimum atomic E-state index is -0.710. The largest absolute Gasteiger partial charge is 0.507 e. The summed E-state index contributed by atoms with van der Waals surface area (Å²) in [6.45, 7) is 5.03. The number of benzene rings is 1. The van der Waals surface area contributed by atoms with Crippen LogP contribution in [0.1, 0.15) is 61.9 Å². The van der Waals surface area contributed by atoms with Crippen LogP contribution in [0.5, 0.6) is 11.5 Å². The van der Waals surface area contributed by atoms with Gasteiger partial charge in [-0.25, -0.2) is 4.79 Å². The average molecular weight is 505 g/mol. The van der Waals surface area contributed by atoms with Crippen molar-refractivity contribution in [3.05, 3.63) is 46.5 Å². The molecule has 1 atom stereocenters. The number of allylic oxidation sites excluding steroid dienone is 4. The number of halogens is 1. The molecule has 1 saturated carbocycles. The second-order valence-electron chi connectivity index (χ2n) is 8.94. The number of ether oxygens (including phenoxy) is 1. The van der Waals surface area contributed by atoms with Crippen molar-refractivity contribution in [2.75, 3.05) is 19.7 Å². The molecule has 1 aromatic carbocycles. The van der Waals surface area contributed by atoms with Gasteiger partial charge in [0.1, 0.15) is 23.7 Å². The lowest BCUT2D eigenvalue weighted by Gasteiger charge is -2.17. The molecule has 2 aliphatic rings. The summed E-state index contributed by atoms with van der Waals surface area (Å²) in [5, 5.41) is 24.8. The van der Waals surface area contributed by atoms with E-state index in [0.29, 0.717) is 31.1 Å². The van der Waals surface area contributed by atoms with Gasteiger partial charge in [-0.2, -0.15) is 0 Å². The number of hydrogen-bond acceptors (Lipinski definition) is 7. The van der Waals surface area contributed by atoms with E-state index in [-0.39, 0.29) is 46.9 Å². The van der Waals surface area contributed by atoms with Gasteiger partial charge in [-0.3, -0.25) is 4.79 Å². The molecule has 2 fully saturated rings. The summed E-state index contributed by atoms with van der Waals surface area (Å²) in [5.74, 6) is -0.815. The third-order valence-corrected chi connectivity index (χ3v) is 6.37. The van der Waals surface area contributed by atoms with E-state index in [9.17, 15) is 19.8 Å². The normalized spacial score (nSPS) is 17.5. The van der Waals surface area contributed by atoms with Crippen molar-refractivity contribution in [3.8, 4) is 11.5 Å². The molecule has 1 heterocycles. The highest BCUT2D eigenvalue weighted by Gasteiger charge is 2.29. The van der Waals surface area contributed by atoms with E-state index < -0.39 is 11.7 Å². The van der Waals surface area contributed by atoms with Crippen LogP contribution < -0.4 is 0 Å². The van der Waals surface area contributed by atoms with E-state index in [4.69, 9.17) is 21.2 Å². The van der Waals surface area contributed by atoms with E-state index >= 15 is 0 Å². The Morgan fingerprint density at radius 1 is 1.31 bits per heavy atom. The molecule has 0 radical (unpaired) electrons. The predicted octanol–water partition coefficient (Wildman–Crippen LogP) is 4.77. The van der Waals surface area contributed by atoms with Gasteiger partial charge in [0.05, 0.1) is 23.4 Å². The van der Waals surface area contributed by atoms with Crippen molar-refractivity contribution in [1.29, 1.82) is 0 Å². The van der Waals surface area contributed by atoms with Gasteiger partial charge < -0.3 is 24.7 Å². The van der Waals surface area contributed by atoms with Crippen molar-refractivity contribution in [2.45, 2.75) is 58.5 Å². The molecule has 8 nitrogen and oxygen atoms in total. The Labute approximate surface area is 210 Å². The summed E-state index contributed by atoms with van der Waals surface area (Å²) in [6.07, 6.45) is 11.2. The summed E-state index contributed by atoms with van der Waals surface area (Å²) in [7, 11) is 0. The first-order chi connectivity index (χ1) is 16.8. The number of esters is 1. The first-order valence-electron chi connectivity index (χ1n) is 12.0. The molecule has 35 heavy (non-hydrogen) atoms. The smallest absolute Gasteiger partial charge is 0.342 e. The Morgan fingerprint density at radius 2 is 2.09 bits per heavy atom. The quantitative estimate of drug-likeness (QED) is 0.139. The van der Waals surface area contributed by atoms with Crippen LogP contribution in [-0.4, -0.2) is 58.5 Å². The van der Waals surface area contributed by atoms with Gasteiger partial charge in [0, 0.05) is 25.5 Å². The number of nitrogens with zero attached hydrogens (tertiary/aromatic N) is 2. The highest BCUT2D eigenvalue weighted by molar-refractivity contribution is 6.33. The molecule has 0 bridgehead atoms. The van der Waals surface area contributed by atoms with Gasteiger partial charge in [0.2, 0.25) is 5.91 Å². The van der Waals surface area contributed by atoms with Gasteiger partial charge in [-0.15, -0.1) is 0 Å². The fourth-order valence-electron chi connectivity index (χ4n) is 3.99. The van der Waals surface area contributed by atoms with E-state index in [0.717, 1.165) is 31.7 Å². The molecule has 1 aliphatic heterocycles. The van der Waals surface area contributed by atoms with E-state index in [2.05, 4.69) is 5.16 Å². The third kappa shape index (κ3) is 7.75. The Kier molecular flexibility index (Phi) is 9.60. The highest BCUT2D eigenvalue weighted by atomic mass is 35.5. The second-order valence-corrected chi connectivity index (χ2v) is 9.32. The zero-order chi connectivity index (χ0) is 25.4. The summed E-state index contributed by atoms with van der Waals surface area (Å²) < 4.78 is 5.57. The maximum atomic E-state index is 13.0. The van der Waals surface area contributed by atoms with Gasteiger partial charge in [0.15, 0.2) is 0 Å². The first-order valence-corrected chi connectivity index (χ1v) is 12.4. The molecular weight excluding hydrogens is 472 g/mol. The number of hydrogen-bond donors (Lipinski definition) is 2. The molecule has 1 aromatic rings. The van der Waals surface area contributed by atoms with Gasteiger partial charge >= 0.3 is 5.97 Å². The van der Waals surface area contributed by atoms with Crippen LogP contribution in [0.2, 0.25) is 5.02 Å². The Balaban J connectivity index is 1.79. The van der Waals surface area contributed by atoms with Crippen molar-refractivity contribution < 1.29 is 29.4 Å². The lowest BCUT2D eigenvalue weighted by atomic mass is 9.99. The molecule has 2 N–H and O–H groups in total. The number of carbonyl (C=O) groups is 2. The first kappa shape index (κ1) is 26.6. The molecular formula is C26H33ClN2O6. The summed E-state index contributed by atoms with van der Waals surface area (Å²) in [4.78, 5) is 31.9. The number of likely N-dealkylation sites (tertiary alicyclic amines) is 1. The SMILES string of the molecule is C\C=C/C=C/C(Cc1c(Cl)c(O)cc(O)c1C(=O)O[C@H](C)CC1CC1)=N\OCCN1CCCC1=O. The summed E-state index contributed by atoms with van der Waals surface area (Å²) >= 11 is 6.37. The topological polar surface area (TPSA) is 109 Å². The van der Waals surface area contributed by atoms with Crippen LogP contribution in [0.4, 0.5) is 0 Å². The number of aromatic hydroxyl groups is 2. The lowest BCUT2D eigenvalue weighted by molar-refractivity contribution is -0.128. The Hall–Kier alpha value is -3.00. The van der Waals surface area contributed by atoms with Crippen LogP contribution in [0, 0.1) is 5.92 Å². The summed E-state index contributed by atoms with van der Waals surface area (Å²) in [5.41, 5.74) is 0.489. The van der Waals surface area contributed by atoms with E-state index in [1.165, 1.54) is 0 Å². The molecule has 0 aromatic heterocycles. The van der Waals surface area contributed by atoms with Gasteiger partial charge in [0.25, 0.3) is 0 Å². The lowest BCUT2D eigenvalue weighted by Crippen LogP contribution is -2.28. The maximum absolute atomic E-state index is 13.0. The number of phenolic OH excluding ortho intramolecular Hbond substituents is 2.